The molecule has 3 N–H and O–H groups in total. The van der Waals surface area contributed by atoms with Crippen LogP contribution in [0.1, 0.15) is 24.4 Å². The van der Waals surface area contributed by atoms with E-state index in [9.17, 15) is 9.59 Å². The Morgan fingerprint density at radius 1 is 1.15 bits per heavy atom. The number of carbonyl (C=O) groups is 2. The maximum absolute atomic E-state index is 12.2. The molecular formula is C20H23N3O3S. The molecule has 2 aromatic carbocycles. The predicted octanol–water partition coefficient (Wildman–Crippen LogP) is 3.56. The Balaban J connectivity index is 1.41. The van der Waals surface area contributed by atoms with E-state index in [1.54, 1.807) is 31.4 Å². The number of amides is 3. The first-order valence-corrected chi connectivity index (χ1v) is 9.84. The summed E-state index contributed by atoms with van der Waals surface area (Å²) in [6, 6.07) is 14.9. The summed E-state index contributed by atoms with van der Waals surface area (Å²) in [5.41, 5.74) is 1.83. The molecule has 27 heavy (non-hydrogen) atoms. The molecule has 3 amide bonds. The number of fused-ring (bicyclic) bond motifs is 1. The third-order valence-corrected chi connectivity index (χ3v) is 5.40. The molecule has 1 atom stereocenters. The van der Waals surface area contributed by atoms with Gasteiger partial charge in [-0.3, -0.25) is 4.79 Å². The van der Waals surface area contributed by atoms with Crippen molar-refractivity contribution in [2.75, 3.05) is 24.7 Å². The lowest BCUT2D eigenvalue weighted by Gasteiger charge is -2.25. The summed E-state index contributed by atoms with van der Waals surface area (Å²) in [5, 5.41) is 8.50. The van der Waals surface area contributed by atoms with Crippen molar-refractivity contribution in [1.29, 1.82) is 0 Å². The van der Waals surface area contributed by atoms with E-state index in [-0.39, 0.29) is 30.9 Å². The van der Waals surface area contributed by atoms with E-state index in [0.717, 1.165) is 17.9 Å². The molecule has 0 fully saturated rings. The van der Waals surface area contributed by atoms with Crippen LogP contribution in [0, 0.1) is 0 Å². The number of thioether (sulfide) groups is 1. The normalized spacial score (nSPS) is 15.4. The molecule has 0 aliphatic carbocycles. The van der Waals surface area contributed by atoms with Crippen LogP contribution in [0.3, 0.4) is 0 Å². The maximum atomic E-state index is 12.2. The van der Waals surface area contributed by atoms with Crippen LogP contribution in [0.4, 0.5) is 10.5 Å². The smallest absolute Gasteiger partial charge is 0.319 e. The zero-order valence-electron chi connectivity index (χ0n) is 15.2. The van der Waals surface area contributed by atoms with Crippen LogP contribution in [-0.2, 0) is 4.79 Å². The first kappa shape index (κ1) is 19.1. The van der Waals surface area contributed by atoms with Crippen LogP contribution < -0.4 is 20.7 Å². The molecule has 0 aromatic heterocycles. The zero-order valence-corrected chi connectivity index (χ0v) is 16.0. The molecule has 142 valence electrons. The van der Waals surface area contributed by atoms with Gasteiger partial charge in [0.2, 0.25) is 5.91 Å². The van der Waals surface area contributed by atoms with Gasteiger partial charge in [0.05, 0.1) is 13.2 Å². The number of anilines is 1. The third-order valence-electron chi connectivity index (χ3n) is 4.28. The minimum absolute atomic E-state index is 0.0445. The summed E-state index contributed by atoms with van der Waals surface area (Å²) in [6.45, 7) is 0.275. The van der Waals surface area contributed by atoms with Crippen molar-refractivity contribution in [3.05, 3.63) is 54.1 Å². The molecule has 1 heterocycles. The lowest BCUT2D eigenvalue weighted by molar-refractivity contribution is -0.121. The SMILES string of the molecule is COc1ccc(NC(=O)NCCC(=O)NC2CCSc3ccccc32)cc1. The van der Waals surface area contributed by atoms with E-state index in [2.05, 4.69) is 28.1 Å². The Hall–Kier alpha value is -2.67. The highest BCUT2D eigenvalue weighted by atomic mass is 32.2. The van der Waals surface area contributed by atoms with Gasteiger partial charge in [0.25, 0.3) is 0 Å². The van der Waals surface area contributed by atoms with Crippen molar-refractivity contribution in [3.8, 4) is 5.75 Å². The summed E-state index contributed by atoms with van der Waals surface area (Å²) >= 11 is 1.82. The number of carbonyl (C=O) groups excluding carboxylic acids is 2. The molecular weight excluding hydrogens is 362 g/mol. The molecule has 0 radical (unpaired) electrons. The quantitative estimate of drug-likeness (QED) is 0.710. The minimum Gasteiger partial charge on any atom is -0.497 e. The van der Waals surface area contributed by atoms with E-state index in [1.807, 2.05) is 23.9 Å². The summed E-state index contributed by atoms with van der Waals surface area (Å²) < 4.78 is 5.08. The van der Waals surface area contributed by atoms with Gasteiger partial charge < -0.3 is 20.7 Å². The Morgan fingerprint density at radius 3 is 2.70 bits per heavy atom. The van der Waals surface area contributed by atoms with E-state index in [0.29, 0.717) is 5.69 Å². The number of methoxy groups -OCH3 is 1. The second-order valence-corrected chi connectivity index (χ2v) is 7.29. The summed E-state index contributed by atoms with van der Waals surface area (Å²) in [6.07, 6.45) is 1.15. The van der Waals surface area contributed by atoms with Gasteiger partial charge in [-0.25, -0.2) is 4.79 Å². The van der Waals surface area contributed by atoms with Crippen LogP contribution in [0.2, 0.25) is 0 Å². The van der Waals surface area contributed by atoms with Gasteiger partial charge in [0.15, 0.2) is 0 Å². The summed E-state index contributed by atoms with van der Waals surface area (Å²) in [7, 11) is 1.59. The van der Waals surface area contributed by atoms with E-state index >= 15 is 0 Å². The number of nitrogens with one attached hydrogen (secondary N) is 3. The minimum atomic E-state index is -0.340. The highest BCUT2D eigenvalue weighted by Gasteiger charge is 2.21. The Bertz CT molecular complexity index is 795. The highest BCUT2D eigenvalue weighted by molar-refractivity contribution is 7.99. The molecule has 0 bridgehead atoms. The average Bonchev–Trinajstić information content (AvgIpc) is 2.69. The molecule has 7 heteroatoms. The van der Waals surface area contributed by atoms with Gasteiger partial charge in [0.1, 0.15) is 5.75 Å². The van der Waals surface area contributed by atoms with Crippen molar-refractivity contribution in [1.82, 2.24) is 10.6 Å². The molecule has 1 aliphatic rings. The van der Waals surface area contributed by atoms with Crippen LogP contribution >= 0.6 is 11.8 Å². The van der Waals surface area contributed by atoms with Gasteiger partial charge in [-0.15, -0.1) is 11.8 Å². The average molecular weight is 385 g/mol. The Labute approximate surface area is 163 Å². The van der Waals surface area contributed by atoms with Crippen molar-refractivity contribution in [2.45, 2.75) is 23.8 Å². The number of rotatable bonds is 6. The number of urea groups is 1. The van der Waals surface area contributed by atoms with Gasteiger partial charge in [-0.1, -0.05) is 18.2 Å². The van der Waals surface area contributed by atoms with Gasteiger partial charge in [0, 0.05) is 29.3 Å². The maximum Gasteiger partial charge on any atom is 0.319 e. The van der Waals surface area contributed by atoms with Crippen LogP contribution in [0.15, 0.2) is 53.4 Å². The Morgan fingerprint density at radius 2 is 1.93 bits per heavy atom. The molecule has 2 aromatic rings. The molecule has 1 unspecified atom stereocenters. The molecule has 0 spiro atoms. The predicted molar refractivity (Wildman–Crippen MR) is 107 cm³/mol. The van der Waals surface area contributed by atoms with E-state index in [4.69, 9.17) is 4.74 Å². The van der Waals surface area contributed by atoms with Crippen LogP contribution in [0.5, 0.6) is 5.75 Å². The van der Waals surface area contributed by atoms with Gasteiger partial charge >= 0.3 is 6.03 Å². The lowest BCUT2D eigenvalue weighted by atomic mass is 10.0. The zero-order chi connectivity index (χ0) is 19.1. The largest absolute Gasteiger partial charge is 0.497 e. The number of hydrogen-bond donors (Lipinski definition) is 3. The first-order valence-electron chi connectivity index (χ1n) is 8.85. The highest BCUT2D eigenvalue weighted by Crippen LogP contribution is 2.35. The summed E-state index contributed by atoms with van der Waals surface area (Å²) in [5.74, 6) is 1.65. The van der Waals surface area contributed by atoms with Crippen LogP contribution in [-0.4, -0.2) is 31.3 Å². The summed E-state index contributed by atoms with van der Waals surface area (Å²) in [4.78, 5) is 25.4. The Kier molecular flexibility index (Phi) is 6.59. The van der Waals surface area contributed by atoms with Crippen molar-refractivity contribution in [2.24, 2.45) is 0 Å². The monoisotopic (exact) mass is 385 g/mol. The fraction of sp³-hybridized carbons (Fsp3) is 0.300. The second-order valence-electron chi connectivity index (χ2n) is 6.15. The van der Waals surface area contributed by atoms with E-state index < -0.39 is 0 Å². The van der Waals surface area contributed by atoms with Crippen molar-refractivity contribution >= 4 is 29.4 Å². The van der Waals surface area contributed by atoms with Gasteiger partial charge in [-0.05, 0) is 42.3 Å². The van der Waals surface area contributed by atoms with Crippen molar-refractivity contribution < 1.29 is 14.3 Å². The topological polar surface area (TPSA) is 79.5 Å². The fourth-order valence-electron chi connectivity index (χ4n) is 2.90. The third kappa shape index (κ3) is 5.40. The first-order chi connectivity index (χ1) is 13.2. The molecule has 3 rings (SSSR count). The fourth-order valence-corrected chi connectivity index (χ4v) is 4.02. The lowest BCUT2D eigenvalue weighted by Crippen LogP contribution is -2.35. The van der Waals surface area contributed by atoms with Gasteiger partial charge in [-0.2, -0.15) is 0 Å². The second kappa shape index (κ2) is 9.32. The molecule has 1 aliphatic heterocycles. The molecule has 0 saturated heterocycles. The number of benzene rings is 2. The molecule has 0 saturated carbocycles. The number of hydrogen-bond acceptors (Lipinski definition) is 4. The van der Waals surface area contributed by atoms with Crippen molar-refractivity contribution in [3.63, 3.8) is 0 Å². The standard InChI is InChI=1S/C20H23N3O3S/c1-26-15-8-6-14(7-9-15)22-20(25)21-12-10-19(24)23-17-11-13-27-18-5-3-2-4-16(17)18/h2-9,17H,10-13H2,1H3,(H,23,24)(H2,21,22,25). The number of ether oxygens (including phenoxy) is 1. The van der Waals surface area contributed by atoms with Crippen LogP contribution in [0.25, 0.3) is 0 Å². The molecule has 6 nitrogen and oxygen atoms in total. The van der Waals surface area contributed by atoms with E-state index in [1.165, 1.54) is 10.5 Å².